The second kappa shape index (κ2) is 4.10. The molecule has 5 nitrogen and oxygen atoms in total. The number of anilines is 1. The molecule has 0 bridgehead atoms. The quantitative estimate of drug-likeness (QED) is 0.858. The van der Waals surface area contributed by atoms with E-state index in [0.29, 0.717) is 22.8 Å². The van der Waals surface area contributed by atoms with E-state index < -0.39 is 0 Å². The zero-order chi connectivity index (χ0) is 9.97. The van der Waals surface area contributed by atoms with Crippen molar-refractivity contribution in [1.29, 1.82) is 0 Å². The number of aromatic nitrogens is 2. The van der Waals surface area contributed by atoms with Gasteiger partial charge in [0.25, 0.3) is 0 Å². The third-order valence-electron chi connectivity index (χ3n) is 1.95. The van der Waals surface area contributed by atoms with E-state index in [4.69, 9.17) is 15.2 Å². The highest BCUT2D eigenvalue weighted by Gasteiger charge is 2.19. The summed E-state index contributed by atoms with van der Waals surface area (Å²) < 4.78 is 11.4. The second-order valence-electron chi connectivity index (χ2n) is 2.98. The first-order valence-electron chi connectivity index (χ1n) is 4.27. The molecule has 1 unspecified atom stereocenters. The lowest BCUT2D eigenvalue weighted by Gasteiger charge is -2.11. The van der Waals surface area contributed by atoms with Crippen LogP contribution in [0.3, 0.4) is 0 Å². The van der Waals surface area contributed by atoms with Crippen LogP contribution in [-0.2, 0) is 4.74 Å². The summed E-state index contributed by atoms with van der Waals surface area (Å²) in [6.07, 6.45) is 2.34. The first-order valence-corrected chi connectivity index (χ1v) is 5.07. The van der Waals surface area contributed by atoms with Crippen LogP contribution < -0.4 is 10.5 Å². The van der Waals surface area contributed by atoms with Gasteiger partial charge in [-0.1, -0.05) is 0 Å². The van der Waals surface area contributed by atoms with Gasteiger partial charge in [0.1, 0.15) is 22.7 Å². The molecule has 2 N–H and O–H groups in total. The lowest BCUT2D eigenvalue weighted by molar-refractivity contribution is 0.137. The SMILES string of the molecule is Nc1ncnc(OC2CCOC2)c1Br. The Morgan fingerprint density at radius 3 is 3.14 bits per heavy atom. The molecule has 0 aliphatic carbocycles. The molecule has 0 radical (unpaired) electrons. The third-order valence-corrected chi connectivity index (χ3v) is 2.70. The zero-order valence-corrected chi connectivity index (χ0v) is 9.03. The highest BCUT2D eigenvalue weighted by molar-refractivity contribution is 9.10. The second-order valence-corrected chi connectivity index (χ2v) is 3.77. The Morgan fingerprint density at radius 1 is 1.57 bits per heavy atom. The normalized spacial score (nSPS) is 21.1. The van der Waals surface area contributed by atoms with Gasteiger partial charge in [0.2, 0.25) is 5.88 Å². The maximum absolute atomic E-state index is 5.59. The average molecular weight is 260 g/mol. The van der Waals surface area contributed by atoms with Crippen molar-refractivity contribution in [3.63, 3.8) is 0 Å². The molecular formula is C8H10BrN3O2. The van der Waals surface area contributed by atoms with Crippen molar-refractivity contribution in [2.45, 2.75) is 12.5 Å². The van der Waals surface area contributed by atoms with Gasteiger partial charge in [0.15, 0.2) is 0 Å². The van der Waals surface area contributed by atoms with Crippen molar-refractivity contribution >= 4 is 21.7 Å². The van der Waals surface area contributed by atoms with Gasteiger partial charge in [-0.15, -0.1) is 0 Å². The number of hydrogen-bond acceptors (Lipinski definition) is 5. The van der Waals surface area contributed by atoms with Gasteiger partial charge in [-0.25, -0.2) is 9.97 Å². The van der Waals surface area contributed by atoms with Crippen molar-refractivity contribution in [2.24, 2.45) is 0 Å². The zero-order valence-electron chi connectivity index (χ0n) is 7.44. The maximum Gasteiger partial charge on any atom is 0.233 e. The van der Waals surface area contributed by atoms with Gasteiger partial charge < -0.3 is 15.2 Å². The molecule has 0 spiro atoms. The Morgan fingerprint density at radius 2 is 2.43 bits per heavy atom. The molecule has 1 fully saturated rings. The van der Waals surface area contributed by atoms with Crippen LogP contribution in [0.15, 0.2) is 10.8 Å². The van der Waals surface area contributed by atoms with Crippen LogP contribution in [0.4, 0.5) is 5.82 Å². The summed E-state index contributed by atoms with van der Waals surface area (Å²) in [5.41, 5.74) is 5.59. The number of nitrogens with two attached hydrogens (primary N) is 1. The van der Waals surface area contributed by atoms with Gasteiger partial charge in [-0.2, -0.15) is 0 Å². The number of nitrogen functional groups attached to an aromatic ring is 1. The summed E-state index contributed by atoms with van der Waals surface area (Å²) in [7, 11) is 0. The monoisotopic (exact) mass is 259 g/mol. The molecule has 2 rings (SSSR count). The van der Waals surface area contributed by atoms with Crippen molar-refractivity contribution in [2.75, 3.05) is 18.9 Å². The third kappa shape index (κ3) is 1.96. The smallest absolute Gasteiger partial charge is 0.233 e. The minimum absolute atomic E-state index is 0.0700. The van der Waals surface area contributed by atoms with E-state index in [1.807, 2.05) is 0 Å². The summed E-state index contributed by atoms with van der Waals surface area (Å²) in [5.74, 6) is 0.863. The fraction of sp³-hybridized carbons (Fsp3) is 0.500. The van der Waals surface area contributed by atoms with Gasteiger partial charge >= 0.3 is 0 Å². The van der Waals surface area contributed by atoms with E-state index in [2.05, 4.69) is 25.9 Å². The Bertz CT molecular complexity index is 328. The van der Waals surface area contributed by atoms with Crippen molar-refractivity contribution in [3.05, 3.63) is 10.8 Å². The summed E-state index contributed by atoms with van der Waals surface area (Å²) in [4.78, 5) is 7.81. The van der Waals surface area contributed by atoms with Crippen molar-refractivity contribution < 1.29 is 9.47 Å². The molecule has 2 heterocycles. The van der Waals surface area contributed by atoms with Crippen LogP contribution in [-0.4, -0.2) is 29.3 Å². The van der Waals surface area contributed by atoms with Crippen LogP contribution in [0, 0.1) is 0 Å². The highest BCUT2D eigenvalue weighted by Crippen LogP contribution is 2.27. The molecular weight excluding hydrogens is 250 g/mol. The summed E-state index contributed by atoms with van der Waals surface area (Å²) in [6.45, 7) is 1.35. The van der Waals surface area contributed by atoms with Crippen LogP contribution in [0.2, 0.25) is 0 Å². The lowest BCUT2D eigenvalue weighted by Crippen LogP contribution is -2.17. The fourth-order valence-corrected chi connectivity index (χ4v) is 1.51. The molecule has 76 valence electrons. The number of hydrogen-bond donors (Lipinski definition) is 1. The van der Waals surface area contributed by atoms with Gasteiger partial charge in [-0.3, -0.25) is 0 Å². The van der Waals surface area contributed by atoms with Gasteiger partial charge in [-0.05, 0) is 15.9 Å². The molecule has 0 amide bonds. The summed E-state index contributed by atoms with van der Waals surface area (Å²) >= 11 is 3.27. The molecule has 1 saturated heterocycles. The minimum atomic E-state index is 0.0700. The number of rotatable bonds is 2. The number of nitrogens with zero attached hydrogens (tertiary/aromatic N) is 2. The van der Waals surface area contributed by atoms with E-state index in [1.165, 1.54) is 6.33 Å². The Hall–Kier alpha value is -0.880. The standard InChI is InChI=1S/C8H10BrN3O2/c9-6-7(10)11-4-12-8(6)14-5-1-2-13-3-5/h4-5H,1-3H2,(H2,10,11,12). The molecule has 14 heavy (non-hydrogen) atoms. The predicted molar refractivity (Wildman–Crippen MR) is 54.0 cm³/mol. The molecule has 1 aliphatic heterocycles. The van der Waals surface area contributed by atoms with Crippen LogP contribution in [0.5, 0.6) is 5.88 Å². The van der Waals surface area contributed by atoms with Crippen molar-refractivity contribution in [3.8, 4) is 5.88 Å². The molecule has 0 saturated carbocycles. The molecule has 6 heteroatoms. The van der Waals surface area contributed by atoms with E-state index in [-0.39, 0.29) is 6.10 Å². The van der Waals surface area contributed by atoms with E-state index in [1.54, 1.807) is 0 Å². The summed E-state index contributed by atoms with van der Waals surface area (Å²) in [5, 5.41) is 0. The predicted octanol–water partition coefficient (Wildman–Crippen LogP) is 0.989. The maximum atomic E-state index is 5.59. The first-order chi connectivity index (χ1) is 6.77. The van der Waals surface area contributed by atoms with Crippen molar-refractivity contribution in [1.82, 2.24) is 9.97 Å². The lowest BCUT2D eigenvalue weighted by atomic mass is 10.3. The largest absolute Gasteiger partial charge is 0.471 e. The average Bonchev–Trinajstić information content (AvgIpc) is 2.66. The Kier molecular flexibility index (Phi) is 2.83. The molecule has 1 aromatic heterocycles. The van der Waals surface area contributed by atoms with Gasteiger partial charge in [0, 0.05) is 6.42 Å². The Balaban J connectivity index is 2.11. The number of halogens is 1. The topological polar surface area (TPSA) is 70.3 Å². The summed E-state index contributed by atoms with van der Waals surface area (Å²) in [6, 6.07) is 0. The van der Waals surface area contributed by atoms with Crippen LogP contribution in [0.25, 0.3) is 0 Å². The van der Waals surface area contributed by atoms with Crippen LogP contribution in [0.1, 0.15) is 6.42 Å². The Labute approximate surface area is 89.8 Å². The number of ether oxygens (including phenoxy) is 2. The minimum Gasteiger partial charge on any atom is -0.471 e. The van der Waals surface area contributed by atoms with E-state index >= 15 is 0 Å². The van der Waals surface area contributed by atoms with E-state index in [9.17, 15) is 0 Å². The first kappa shape index (κ1) is 9.67. The van der Waals surface area contributed by atoms with Gasteiger partial charge in [0.05, 0.1) is 13.2 Å². The molecule has 1 atom stereocenters. The van der Waals surface area contributed by atoms with E-state index in [0.717, 1.165) is 13.0 Å². The highest BCUT2D eigenvalue weighted by atomic mass is 79.9. The molecule has 1 aliphatic rings. The molecule has 0 aromatic carbocycles. The fourth-order valence-electron chi connectivity index (χ4n) is 1.21. The molecule has 1 aromatic rings. The van der Waals surface area contributed by atoms with Crippen LogP contribution >= 0.6 is 15.9 Å².